The Bertz CT molecular complexity index is 1190. The van der Waals surface area contributed by atoms with Crippen LogP contribution >= 0.6 is 0 Å². The Labute approximate surface area is 222 Å². The van der Waals surface area contributed by atoms with Crippen molar-refractivity contribution in [3.05, 3.63) is 59.6 Å². The summed E-state index contributed by atoms with van der Waals surface area (Å²) in [5.41, 5.74) is 1.89. The number of likely N-dealkylation sites (N-methyl/N-ethyl adjacent to an activating group) is 2. The van der Waals surface area contributed by atoms with Gasteiger partial charge in [0, 0.05) is 67.3 Å². The average molecular weight is 527 g/mol. The van der Waals surface area contributed by atoms with Crippen molar-refractivity contribution < 1.29 is 23.6 Å². The third-order valence-corrected chi connectivity index (χ3v) is 6.58. The van der Waals surface area contributed by atoms with Gasteiger partial charge in [-0.3, -0.25) is 19.2 Å². The molecular weight excluding hydrogens is 491 g/mol. The fraction of sp³-hybridized carbons (Fsp3) is 0.407. The quantitative estimate of drug-likeness (QED) is 0.265. The van der Waals surface area contributed by atoms with E-state index < -0.39 is 11.9 Å². The van der Waals surface area contributed by atoms with E-state index in [-0.39, 0.29) is 48.7 Å². The minimum Gasteiger partial charge on any atom is -0.384 e. The van der Waals surface area contributed by atoms with Gasteiger partial charge in [0.05, 0.1) is 6.04 Å². The summed E-state index contributed by atoms with van der Waals surface area (Å²) in [4.78, 5) is 53.0. The van der Waals surface area contributed by atoms with Gasteiger partial charge in [-0.1, -0.05) is 13.0 Å². The second-order valence-corrected chi connectivity index (χ2v) is 9.64. The highest BCUT2D eigenvalue weighted by atomic mass is 19.1. The maximum Gasteiger partial charge on any atom is 0.256 e. The van der Waals surface area contributed by atoms with E-state index in [4.69, 9.17) is 0 Å². The second kappa shape index (κ2) is 12.5. The van der Waals surface area contributed by atoms with E-state index in [1.54, 1.807) is 32.3 Å². The highest BCUT2D eigenvalue weighted by Gasteiger charge is 2.32. The maximum absolute atomic E-state index is 13.7. The zero-order valence-electron chi connectivity index (χ0n) is 22.3. The van der Waals surface area contributed by atoms with Crippen molar-refractivity contribution in [2.45, 2.75) is 25.9 Å². The van der Waals surface area contributed by atoms with Crippen LogP contribution in [0.5, 0.6) is 0 Å². The van der Waals surface area contributed by atoms with E-state index in [0.29, 0.717) is 28.9 Å². The molecule has 1 aromatic carbocycles. The summed E-state index contributed by atoms with van der Waals surface area (Å²) in [6.07, 6.45) is 6.48. The molecule has 4 amide bonds. The van der Waals surface area contributed by atoms with Crippen LogP contribution < -0.4 is 21.3 Å². The summed E-state index contributed by atoms with van der Waals surface area (Å²) in [7, 11) is 5.34. The van der Waals surface area contributed by atoms with Crippen molar-refractivity contribution in [3.8, 4) is 0 Å². The zero-order chi connectivity index (χ0) is 28.0. The van der Waals surface area contributed by atoms with Crippen molar-refractivity contribution in [1.29, 1.82) is 0 Å². The molecule has 2 unspecified atom stereocenters. The number of nitrogens with zero attached hydrogens (tertiary/aromatic N) is 2. The molecule has 0 saturated carbocycles. The van der Waals surface area contributed by atoms with Gasteiger partial charge in [-0.15, -0.1) is 0 Å². The minimum absolute atomic E-state index is 0.193. The number of hydrogen-bond donors (Lipinski definition) is 4. The maximum atomic E-state index is 13.7. The highest BCUT2D eigenvalue weighted by Crippen LogP contribution is 2.34. The second-order valence-electron chi connectivity index (χ2n) is 9.64. The molecule has 11 heteroatoms. The number of halogens is 1. The van der Waals surface area contributed by atoms with E-state index in [1.165, 1.54) is 29.2 Å². The Kier molecular flexibility index (Phi) is 9.40. The van der Waals surface area contributed by atoms with E-state index in [0.717, 1.165) is 0 Å². The van der Waals surface area contributed by atoms with Gasteiger partial charge in [-0.2, -0.15) is 0 Å². The molecule has 0 saturated heterocycles. The van der Waals surface area contributed by atoms with Crippen LogP contribution in [0.25, 0.3) is 5.57 Å². The van der Waals surface area contributed by atoms with Gasteiger partial charge in [0.25, 0.3) is 5.91 Å². The number of carbonyl (C=O) groups is 4. The fourth-order valence-electron chi connectivity index (χ4n) is 4.09. The van der Waals surface area contributed by atoms with Crippen LogP contribution in [0.4, 0.5) is 10.1 Å². The van der Waals surface area contributed by atoms with Gasteiger partial charge in [0.1, 0.15) is 11.9 Å². The summed E-state index contributed by atoms with van der Waals surface area (Å²) < 4.78 is 13.7. The third-order valence-electron chi connectivity index (χ3n) is 6.58. The van der Waals surface area contributed by atoms with Crippen LogP contribution in [0.15, 0.2) is 48.2 Å². The molecule has 0 bridgehead atoms. The number of nitrogens with one attached hydrogen (secondary N) is 4. The number of rotatable bonds is 10. The number of benzene rings is 1. The smallest absolute Gasteiger partial charge is 0.256 e. The first-order chi connectivity index (χ1) is 18.0. The van der Waals surface area contributed by atoms with Crippen LogP contribution in [-0.4, -0.2) is 86.3 Å². The lowest BCUT2D eigenvalue weighted by molar-refractivity contribution is -0.135. The normalized spacial score (nSPS) is 20.1. The molecule has 3 atom stereocenters. The molecule has 2 heterocycles. The lowest BCUT2D eigenvalue weighted by atomic mass is 9.93. The fourth-order valence-corrected chi connectivity index (χ4v) is 4.09. The predicted octanol–water partition coefficient (Wildman–Crippen LogP) is 0.850. The predicted molar refractivity (Wildman–Crippen MR) is 143 cm³/mol. The summed E-state index contributed by atoms with van der Waals surface area (Å²) >= 11 is 0. The average Bonchev–Trinajstić information content (AvgIpc) is 3.39. The number of anilines is 1. The molecule has 0 fully saturated rings. The first-order valence-electron chi connectivity index (χ1n) is 12.4. The van der Waals surface area contributed by atoms with E-state index in [2.05, 4.69) is 21.3 Å². The molecule has 1 aromatic rings. The largest absolute Gasteiger partial charge is 0.384 e. The van der Waals surface area contributed by atoms with Crippen LogP contribution in [0.3, 0.4) is 0 Å². The molecule has 2 aliphatic rings. The van der Waals surface area contributed by atoms with Crippen molar-refractivity contribution in [3.63, 3.8) is 0 Å². The molecule has 4 N–H and O–H groups in total. The molecule has 0 aliphatic carbocycles. The molecule has 2 aliphatic heterocycles. The van der Waals surface area contributed by atoms with Gasteiger partial charge in [0.2, 0.25) is 17.7 Å². The number of fused-ring (bicyclic) bond motifs is 1. The first kappa shape index (κ1) is 28.6. The SMILES string of the molecule is CC1C(C(=O)NCCNC(=O)[C@H](C)N(C)C(=O)/C=C/CN(C)C)=CNC1/C=C1\C(=O)Nc2ccc(F)cc21. The molecule has 38 heavy (non-hydrogen) atoms. The standard InChI is InChI=1S/C27H35FN6O4/c1-16-21(15-31-23(16)14-20-19-13-18(28)8-9-22(19)32-27(20)38)26(37)30-11-10-29-25(36)17(2)34(5)24(35)7-6-12-33(3)4/h6-9,13-17,23,31H,10-12H2,1-5H3,(H,29,36)(H,30,37)(H,32,38)/b7-6+,20-14-/t16?,17-,23?/m0/s1. The lowest BCUT2D eigenvalue weighted by Gasteiger charge is -2.23. The Morgan fingerprint density at radius 2 is 1.87 bits per heavy atom. The van der Waals surface area contributed by atoms with Gasteiger partial charge >= 0.3 is 0 Å². The minimum atomic E-state index is -0.677. The number of amides is 4. The van der Waals surface area contributed by atoms with Gasteiger partial charge < -0.3 is 31.1 Å². The van der Waals surface area contributed by atoms with Gasteiger partial charge in [-0.05, 0) is 45.3 Å². The molecule has 0 aromatic heterocycles. The molecule has 3 rings (SSSR count). The third kappa shape index (κ3) is 6.86. The zero-order valence-corrected chi connectivity index (χ0v) is 22.3. The number of hydrogen-bond acceptors (Lipinski definition) is 6. The van der Waals surface area contributed by atoms with Crippen molar-refractivity contribution in [2.75, 3.05) is 46.1 Å². The van der Waals surface area contributed by atoms with Crippen molar-refractivity contribution in [2.24, 2.45) is 5.92 Å². The van der Waals surface area contributed by atoms with E-state index in [9.17, 15) is 23.6 Å². The molecule has 0 radical (unpaired) electrons. The summed E-state index contributed by atoms with van der Waals surface area (Å²) in [6, 6.07) is 3.11. The lowest BCUT2D eigenvalue weighted by Crippen LogP contribution is -2.47. The first-order valence-corrected chi connectivity index (χ1v) is 12.4. The summed E-state index contributed by atoms with van der Waals surface area (Å²) in [6.45, 7) is 4.50. The Hall–Kier alpha value is -3.99. The van der Waals surface area contributed by atoms with E-state index >= 15 is 0 Å². The Morgan fingerprint density at radius 1 is 1.16 bits per heavy atom. The van der Waals surface area contributed by atoms with Crippen molar-refractivity contribution >= 4 is 34.9 Å². The van der Waals surface area contributed by atoms with Gasteiger partial charge in [-0.25, -0.2) is 4.39 Å². The molecule has 204 valence electrons. The van der Waals surface area contributed by atoms with Crippen LogP contribution in [0, 0.1) is 11.7 Å². The molecule has 0 spiro atoms. The van der Waals surface area contributed by atoms with E-state index in [1.807, 2.05) is 25.9 Å². The van der Waals surface area contributed by atoms with Crippen LogP contribution in [0.1, 0.15) is 19.4 Å². The van der Waals surface area contributed by atoms with Gasteiger partial charge in [0.15, 0.2) is 0 Å². The summed E-state index contributed by atoms with van der Waals surface area (Å²) in [5, 5.41) is 11.3. The molecule has 10 nitrogen and oxygen atoms in total. The Balaban J connectivity index is 1.46. The molecular formula is C27H35FN6O4. The van der Waals surface area contributed by atoms with Crippen LogP contribution in [0.2, 0.25) is 0 Å². The summed E-state index contributed by atoms with van der Waals surface area (Å²) in [5.74, 6) is -1.90. The van der Waals surface area contributed by atoms with Crippen LogP contribution in [-0.2, 0) is 19.2 Å². The topological polar surface area (TPSA) is 123 Å². The Morgan fingerprint density at radius 3 is 2.58 bits per heavy atom. The highest BCUT2D eigenvalue weighted by molar-refractivity contribution is 6.31. The monoisotopic (exact) mass is 526 g/mol. The number of carbonyl (C=O) groups excluding carboxylic acids is 4. The van der Waals surface area contributed by atoms with Crippen molar-refractivity contribution in [1.82, 2.24) is 25.8 Å².